The van der Waals surface area contributed by atoms with Crippen LogP contribution in [0.25, 0.3) is 0 Å². The van der Waals surface area contributed by atoms with Crippen LogP contribution in [0.4, 0.5) is 0 Å². The molecule has 90 valence electrons. The summed E-state index contributed by atoms with van der Waals surface area (Å²) in [5.74, 6) is 0.931. The van der Waals surface area contributed by atoms with E-state index in [0.717, 1.165) is 5.75 Å². The Balaban J connectivity index is 1.91. The molecule has 0 atom stereocenters. The van der Waals surface area contributed by atoms with E-state index in [1.54, 1.807) is 0 Å². The van der Waals surface area contributed by atoms with Gasteiger partial charge in [-0.2, -0.15) is 5.10 Å². The number of rotatable bonds is 3. The van der Waals surface area contributed by atoms with Crippen LogP contribution in [0.2, 0.25) is 0 Å². The molecule has 1 aromatic heterocycles. The monoisotopic (exact) mass is 222 g/mol. The average Bonchev–Trinajstić information content (AvgIpc) is 2.56. The lowest BCUT2D eigenvalue weighted by atomic mass is 10.1. The van der Waals surface area contributed by atoms with Crippen molar-refractivity contribution in [2.75, 3.05) is 0 Å². The highest BCUT2D eigenvalue weighted by Gasteiger charge is 2.14. The van der Waals surface area contributed by atoms with Gasteiger partial charge in [0.2, 0.25) is 0 Å². The maximum absolute atomic E-state index is 5.98. The van der Waals surface area contributed by atoms with Gasteiger partial charge in [0.25, 0.3) is 0 Å². The average molecular weight is 222 g/mol. The van der Waals surface area contributed by atoms with Gasteiger partial charge < -0.3 is 4.74 Å². The van der Waals surface area contributed by atoms with Crippen LogP contribution in [-0.4, -0.2) is 15.9 Å². The topological polar surface area (TPSA) is 27.1 Å². The molecule has 1 heterocycles. The summed E-state index contributed by atoms with van der Waals surface area (Å²) in [6, 6.07) is 0.409. The lowest BCUT2D eigenvalue weighted by molar-refractivity contribution is 0.183. The van der Waals surface area contributed by atoms with Crippen molar-refractivity contribution in [1.82, 2.24) is 9.78 Å². The predicted molar refractivity (Wildman–Crippen MR) is 64.7 cm³/mol. The Kier molecular flexibility index (Phi) is 3.86. The Bertz CT molecular complexity index is 311. The van der Waals surface area contributed by atoms with E-state index in [1.165, 1.54) is 38.5 Å². The lowest BCUT2D eigenvalue weighted by Gasteiger charge is -2.15. The van der Waals surface area contributed by atoms with Gasteiger partial charge >= 0.3 is 0 Å². The summed E-state index contributed by atoms with van der Waals surface area (Å²) < 4.78 is 7.93. The second kappa shape index (κ2) is 5.37. The Morgan fingerprint density at radius 3 is 2.50 bits per heavy atom. The van der Waals surface area contributed by atoms with Crippen LogP contribution >= 0.6 is 0 Å². The van der Waals surface area contributed by atoms with E-state index in [1.807, 2.05) is 17.1 Å². The van der Waals surface area contributed by atoms with Crippen LogP contribution in [0.3, 0.4) is 0 Å². The Hall–Kier alpha value is -0.990. The minimum Gasteiger partial charge on any atom is -0.487 e. The molecule has 1 fully saturated rings. The fraction of sp³-hybridized carbons (Fsp3) is 0.769. The lowest BCUT2D eigenvalue weighted by Crippen LogP contribution is -2.14. The predicted octanol–water partition coefficient (Wildman–Crippen LogP) is 3.57. The second-order valence-electron chi connectivity index (χ2n) is 4.98. The molecule has 0 saturated heterocycles. The number of hydrogen-bond donors (Lipinski definition) is 0. The van der Waals surface area contributed by atoms with Crippen molar-refractivity contribution in [3.63, 3.8) is 0 Å². The number of aromatic nitrogens is 2. The van der Waals surface area contributed by atoms with Gasteiger partial charge in [0, 0.05) is 6.04 Å². The van der Waals surface area contributed by atoms with E-state index in [9.17, 15) is 0 Å². The van der Waals surface area contributed by atoms with Crippen molar-refractivity contribution in [3.8, 4) is 5.75 Å². The zero-order valence-electron chi connectivity index (χ0n) is 10.4. The molecular weight excluding hydrogens is 200 g/mol. The molecule has 16 heavy (non-hydrogen) atoms. The normalized spacial score (nSPS) is 18.7. The van der Waals surface area contributed by atoms with E-state index in [2.05, 4.69) is 18.9 Å². The van der Waals surface area contributed by atoms with Crippen molar-refractivity contribution in [3.05, 3.63) is 12.4 Å². The molecule has 2 rings (SSSR count). The fourth-order valence-corrected chi connectivity index (χ4v) is 2.22. The molecule has 1 saturated carbocycles. The fourth-order valence-electron chi connectivity index (χ4n) is 2.22. The highest BCUT2D eigenvalue weighted by Crippen LogP contribution is 2.22. The highest BCUT2D eigenvalue weighted by atomic mass is 16.5. The Labute approximate surface area is 97.8 Å². The largest absolute Gasteiger partial charge is 0.487 e. The molecule has 0 unspecified atom stereocenters. The molecule has 0 aromatic carbocycles. The SMILES string of the molecule is CC(C)n1cc(OC2CCCCCC2)cn1. The van der Waals surface area contributed by atoms with Gasteiger partial charge in [-0.15, -0.1) is 0 Å². The molecule has 1 aliphatic rings. The van der Waals surface area contributed by atoms with Crippen LogP contribution in [0.5, 0.6) is 5.75 Å². The molecule has 0 aliphatic heterocycles. The molecule has 3 heteroatoms. The molecule has 0 amide bonds. The van der Waals surface area contributed by atoms with Crippen molar-refractivity contribution in [2.24, 2.45) is 0 Å². The standard InChI is InChI=1S/C13H22N2O/c1-11(2)15-10-13(9-14-15)16-12-7-5-3-4-6-8-12/h9-12H,3-8H2,1-2H3. The maximum Gasteiger partial charge on any atom is 0.157 e. The van der Waals surface area contributed by atoms with Gasteiger partial charge in [0.05, 0.1) is 18.5 Å². The minimum absolute atomic E-state index is 0.409. The summed E-state index contributed by atoms with van der Waals surface area (Å²) in [6.07, 6.45) is 12.0. The summed E-state index contributed by atoms with van der Waals surface area (Å²) >= 11 is 0. The molecular formula is C13H22N2O. The smallest absolute Gasteiger partial charge is 0.157 e. The second-order valence-corrected chi connectivity index (χ2v) is 4.98. The molecule has 0 spiro atoms. The first kappa shape index (κ1) is 11.5. The van der Waals surface area contributed by atoms with E-state index in [4.69, 9.17) is 4.74 Å². The molecule has 1 aromatic rings. The van der Waals surface area contributed by atoms with Crippen LogP contribution < -0.4 is 4.74 Å². The zero-order valence-corrected chi connectivity index (χ0v) is 10.4. The van der Waals surface area contributed by atoms with Crippen molar-refractivity contribution >= 4 is 0 Å². The molecule has 0 N–H and O–H groups in total. The summed E-state index contributed by atoms with van der Waals surface area (Å²) in [7, 11) is 0. The quantitative estimate of drug-likeness (QED) is 0.731. The van der Waals surface area contributed by atoms with Crippen LogP contribution in [0, 0.1) is 0 Å². The van der Waals surface area contributed by atoms with E-state index >= 15 is 0 Å². The third kappa shape index (κ3) is 3.00. The Morgan fingerprint density at radius 1 is 1.25 bits per heavy atom. The molecule has 0 bridgehead atoms. The first-order valence-corrected chi connectivity index (χ1v) is 6.46. The number of hydrogen-bond acceptors (Lipinski definition) is 2. The van der Waals surface area contributed by atoms with Gasteiger partial charge in [-0.1, -0.05) is 12.8 Å². The summed E-state index contributed by atoms with van der Waals surface area (Å²) in [4.78, 5) is 0. The molecule has 0 radical (unpaired) electrons. The van der Waals surface area contributed by atoms with E-state index < -0.39 is 0 Å². The first-order chi connectivity index (χ1) is 7.75. The van der Waals surface area contributed by atoms with Crippen molar-refractivity contribution in [2.45, 2.75) is 64.5 Å². The van der Waals surface area contributed by atoms with Crippen molar-refractivity contribution < 1.29 is 4.74 Å². The third-order valence-electron chi connectivity index (χ3n) is 3.21. The summed E-state index contributed by atoms with van der Waals surface area (Å²) in [5.41, 5.74) is 0. The summed E-state index contributed by atoms with van der Waals surface area (Å²) in [5, 5.41) is 4.30. The maximum atomic E-state index is 5.98. The molecule has 1 aliphatic carbocycles. The minimum atomic E-state index is 0.409. The van der Waals surface area contributed by atoms with E-state index in [-0.39, 0.29) is 0 Å². The van der Waals surface area contributed by atoms with Crippen molar-refractivity contribution in [1.29, 1.82) is 0 Å². The molecule has 3 nitrogen and oxygen atoms in total. The zero-order chi connectivity index (χ0) is 11.4. The van der Waals surface area contributed by atoms with Gasteiger partial charge in [-0.25, -0.2) is 0 Å². The Morgan fingerprint density at radius 2 is 1.94 bits per heavy atom. The van der Waals surface area contributed by atoms with Crippen LogP contribution in [0.1, 0.15) is 58.4 Å². The first-order valence-electron chi connectivity index (χ1n) is 6.46. The number of nitrogens with zero attached hydrogens (tertiary/aromatic N) is 2. The van der Waals surface area contributed by atoms with Gasteiger partial charge in [0.15, 0.2) is 5.75 Å². The number of ether oxygens (including phenoxy) is 1. The van der Waals surface area contributed by atoms with Gasteiger partial charge in [-0.05, 0) is 39.5 Å². The van der Waals surface area contributed by atoms with E-state index in [0.29, 0.717) is 12.1 Å². The van der Waals surface area contributed by atoms with Crippen LogP contribution in [0.15, 0.2) is 12.4 Å². The van der Waals surface area contributed by atoms with Crippen LogP contribution in [-0.2, 0) is 0 Å². The summed E-state index contributed by atoms with van der Waals surface area (Å²) in [6.45, 7) is 4.25. The van der Waals surface area contributed by atoms with Gasteiger partial charge in [0.1, 0.15) is 0 Å². The van der Waals surface area contributed by atoms with Gasteiger partial charge in [-0.3, -0.25) is 4.68 Å². The highest BCUT2D eigenvalue weighted by molar-refractivity contribution is 5.12. The third-order valence-corrected chi connectivity index (χ3v) is 3.21.